The van der Waals surface area contributed by atoms with Crippen LogP contribution in [0.1, 0.15) is 74.9 Å². The van der Waals surface area contributed by atoms with Crippen molar-refractivity contribution in [2.24, 2.45) is 5.41 Å². The number of hydrogen-bond donors (Lipinski definition) is 0. The zero-order valence-corrected chi connectivity index (χ0v) is 40.5. The highest BCUT2D eigenvalue weighted by Gasteiger charge is 2.52. The highest BCUT2D eigenvalue weighted by Crippen LogP contribution is 2.64. The number of fused-ring (bicyclic) bond motifs is 11. The lowest BCUT2D eigenvalue weighted by atomic mass is 9.69. The average Bonchev–Trinajstić information content (AvgIpc) is 3.82. The Morgan fingerprint density at radius 3 is 1.48 bits per heavy atom. The first-order valence-corrected chi connectivity index (χ1v) is 24.6. The number of hydrogen-bond acceptors (Lipinski definition) is 1. The second kappa shape index (κ2) is 16.2. The maximum Gasteiger partial charge on any atom is 0.0726 e. The molecule has 10 aromatic rings. The Morgan fingerprint density at radius 2 is 0.855 bits per heavy atom. The first-order chi connectivity index (χ1) is 33.4. The molecule has 2 aliphatic rings. The molecule has 0 fully saturated rings. The largest absolute Gasteiger partial charge is 0.310 e. The minimum Gasteiger partial charge on any atom is -0.310 e. The lowest BCUT2D eigenvalue weighted by Crippen LogP contribution is -2.27. The Labute approximate surface area is 408 Å². The van der Waals surface area contributed by atoms with Gasteiger partial charge >= 0.3 is 0 Å². The van der Waals surface area contributed by atoms with Gasteiger partial charge in [0, 0.05) is 17.1 Å². The Hall–Kier alpha value is -7.74. The van der Waals surface area contributed by atoms with Crippen LogP contribution < -0.4 is 4.90 Å². The third-order valence-electron chi connectivity index (χ3n) is 14.7. The van der Waals surface area contributed by atoms with Crippen LogP contribution in [0.15, 0.2) is 224 Å². The SMILES string of the molecule is CC(C)(C)Cc1ccc2c(c1)-c1ccc(C(C)(C)C)cc1C21c2ccc(-c3cccc4ccccc34)cc2-c2ccc(N(c3ccc(-c4ccccc4)cc3)c3ccc(-c4ccccc4)cc3)cc21. The summed E-state index contributed by atoms with van der Waals surface area (Å²) in [5, 5.41) is 2.53. The van der Waals surface area contributed by atoms with Gasteiger partial charge in [-0.25, -0.2) is 0 Å². The van der Waals surface area contributed by atoms with Crippen LogP contribution in [-0.2, 0) is 17.3 Å². The molecular weight excluding hydrogens is 831 g/mol. The highest BCUT2D eigenvalue weighted by atomic mass is 15.1. The van der Waals surface area contributed by atoms with Gasteiger partial charge in [0.25, 0.3) is 0 Å². The molecule has 1 spiro atoms. The molecule has 0 aromatic heterocycles. The smallest absolute Gasteiger partial charge is 0.0726 e. The number of rotatable bonds is 7. The van der Waals surface area contributed by atoms with Crippen molar-refractivity contribution in [3.8, 4) is 55.6 Å². The maximum atomic E-state index is 2.56. The van der Waals surface area contributed by atoms with Crippen LogP contribution in [-0.4, -0.2) is 0 Å². The Kier molecular flexibility index (Phi) is 10.0. The fourth-order valence-corrected chi connectivity index (χ4v) is 11.6. The van der Waals surface area contributed by atoms with Crippen LogP contribution in [0.2, 0.25) is 0 Å². The molecule has 1 atom stereocenters. The molecule has 1 nitrogen and oxygen atoms in total. The summed E-state index contributed by atoms with van der Waals surface area (Å²) in [6.45, 7) is 14.1. The lowest BCUT2D eigenvalue weighted by molar-refractivity contribution is 0.411. The van der Waals surface area contributed by atoms with Gasteiger partial charge in [-0.2, -0.15) is 0 Å². The summed E-state index contributed by atoms with van der Waals surface area (Å²) < 4.78 is 0. The minimum absolute atomic E-state index is 0.0403. The normalized spacial score (nSPS) is 14.6. The van der Waals surface area contributed by atoms with Crippen molar-refractivity contribution < 1.29 is 0 Å². The maximum absolute atomic E-state index is 2.56. The fraction of sp³-hybridized carbons (Fsp3) is 0.147. The van der Waals surface area contributed by atoms with Crippen LogP contribution in [0.25, 0.3) is 66.4 Å². The molecule has 10 aromatic carbocycles. The zero-order chi connectivity index (χ0) is 47.1. The Bertz CT molecular complexity index is 3480. The fourth-order valence-electron chi connectivity index (χ4n) is 11.6. The summed E-state index contributed by atoms with van der Waals surface area (Å²) in [5.74, 6) is 0. The first-order valence-electron chi connectivity index (χ1n) is 24.6. The van der Waals surface area contributed by atoms with Gasteiger partial charge in [-0.05, 0) is 160 Å². The molecule has 1 unspecified atom stereocenters. The molecule has 0 saturated heterocycles. The van der Waals surface area contributed by atoms with Crippen LogP contribution >= 0.6 is 0 Å². The zero-order valence-electron chi connectivity index (χ0n) is 40.5. The van der Waals surface area contributed by atoms with Crippen LogP contribution in [0.5, 0.6) is 0 Å². The van der Waals surface area contributed by atoms with Gasteiger partial charge in [0.1, 0.15) is 0 Å². The van der Waals surface area contributed by atoms with E-state index in [2.05, 4.69) is 271 Å². The molecule has 0 amide bonds. The first kappa shape index (κ1) is 42.6. The molecule has 0 heterocycles. The molecule has 2 aliphatic carbocycles. The van der Waals surface area contributed by atoms with Gasteiger partial charge in [0.2, 0.25) is 0 Å². The summed E-state index contributed by atoms with van der Waals surface area (Å²) in [7, 11) is 0. The summed E-state index contributed by atoms with van der Waals surface area (Å²) in [5.41, 5.74) is 23.6. The van der Waals surface area contributed by atoms with Crippen molar-refractivity contribution >= 4 is 27.8 Å². The van der Waals surface area contributed by atoms with E-state index in [1.807, 2.05) is 0 Å². The average molecular weight is 888 g/mol. The van der Waals surface area contributed by atoms with Crippen LogP contribution in [0, 0.1) is 5.41 Å². The van der Waals surface area contributed by atoms with Crippen molar-refractivity contribution in [3.63, 3.8) is 0 Å². The summed E-state index contributed by atoms with van der Waals surface area (Å²) >= 11 is 0. The monoisotopic (exact) mass is 887 g/mol. The molecule has 1 heteroatoms. The van der Waals surface area contributed by atoms with Crippen molar-refractivity contribution in [1.29, 1.82) is 0 Å². The van der Waals surface area contributed by atoms with Crippen molar-refractivity contribution in [3.05, 3.63) is 258 Å². The number of nitrogens with zero attached hydrogens (tertiary/aromatic N) is 1. The Balaban J connectivity index is 1.12. The van der Waals surface area contributed by atoms with Gasteiger partial charge < -0.3 is 4.90 Å². The molecular formula is C68H57N. The quantitative estimate of drug-likeness (QED) is 0.154. The van der Waals surface area contributed by atoms with E-state index in [4.69, 9.17) is 0 Å². The standard InChI is InChI=1S/C68H57N/c1-66(2,3)44-45-24-38-62-60(40-45)58-36-30-52(67(4,5)6)42-64(58)68(62)63-39-29-51(57-23-15-21-50-20-13-14-22-56(50)57)41-61(63)59-37-35-55(43-65(59)68)69(53-31-25-48(26-32-53)46-16-9-7-10-17-46)54-33-27-49(28-34-54)47-18-11-8-12-19-47/h7-43H,44H2,1-6H3. The second-order valence-electron chi connectivity index (χ2n) is 21.6. The third kappa shape index (κ3) is 7.22. The van der Waals surface area contributed by atoms with Gasteiger partial charge in [-0.15, -0.1) is 0 Å². The molecule has 12 rings (SSSR count). The van der Waals surface area contributed by atoms with Crippen LogP contribution in [0.4, 0.5) is 17.1 Å². The second-order valence-corrected chi connectivity index (χ2v) is 21.6. The van der Waals surface area contributed by atoms with E-state index in [-0.39, 0.29) is 10.8 Å². The molecule has 334 valence electrons. The minimum atomic E-state index is -0.551. The van der Waals surface area contributed by atoms with E-state index in [9.17, 15) is 0 Å². The van der Waals surface area contributed by atoms with E-state index < -0.39 is 5.41 Å². The molecule has 0 bridgehead atoms. The van der Waals surface area contributed by atoms with Gasteiger partial charge in [-0.1, -0.05) is 224 Å². The van der Waals surface area contributed by atoms with Crippen molar-refractivity contribution in [2.45, 2.75) is 58.8 Å². The van der Waals surface area contributed by atoms with Gasteiger partial charge in [-0.3, -0.25) is 0 Å². The summed E-state index contributed by atoms with van der Waals surface area (Å²) in [6, 6.07) is 84.6. The van der Waals surface area contributed by atoms with E-state index in [0.717, 1.165) is 23.5 Å². The van der Waals surface area contributed by atoms with E-state index >= 15 is 0 Å². The lowest BCUT2D eigenvalue weighted by Gasteiger charge is -2.33. The molecule has 0 saturated carbocycles. The van der Waals surface area contributed by atoms with Crippen LogP contribution in [0.3, 0.4) is 0 Å². The number of benzene rings is 10. The molecule has 0 aliphatic heterocycles. The highest BCUT2D eigenvalue weighted by molar-refractivity contribution is 6.01. The predicted molar refractivity (Wildman–Crippen MR) is 293 cm³/mol. The topological polar surface area (TPSA) is 3.24 Å². The van der Waals surface area contributed by atoms with E-state index in [1.165, 1.54) is 99.8 Å². The molecule has 69 heavy (non-hydrogen) atoms. The van der Waals surface area contributed by atoms with Gasteiger partial charge in [0.15, 0.2) is 0 Å². The third-order valence-corrected chi connectivity index (χ3v) is 14.7. The van der Waals surface area contributed by atoms with Crippen molar-refractivity contribution in [1.82, 2.24) is 0 Å². The van der Waals surface area contributed by atoms with E-state index in [1.54, 1.807) is 0 Å². The summed E-state index contributed by atoms with van der Waals surface area (Å²) in [6.07, 6.45) is 1.01. The van der Waals surface area contributed by atoms with Crippen molar-refractivity contribution in [2.75, 3.05) is 4.90 Å². The number of anilines is 3. The Morgan fingerprint density at radius 1 is 0.348 bits per heavy atom. The van der Waals surface area contributed by atoms with Gasteiger partial charge in [0.05, 0.1) is 5.41 Å². The predicted octanol–water partition coefficient (Wildman–Crippen LogP) is 18.5. The van der Waals surface area contributed by atoms with E-state index in [0.29, 0.717) is 0 Å². The molecule has 0 N–H and O–H groups in total. The summed E-state index contributed by atoms with van der Waals surface area (Å²) in [4.78, 5) is 2.46. The molecule has 0 radical (unpaired) electrons.